The fraction of sp³-hybridized carbons (Fsp3) is 0.143. The van der Waals surface area contributed by atoms with Gasteiger partial charge in [0.25, 0.3) is 5.91 Å². The topological polar surface area (TPSA) is 74.8 Å². The molecule has 0 aliphatic heterocycles. The zero-order valence-corrected chi connectivity index (χ0v) is 12.5. The second kappa shape index (κ2) is 6.76. The third kappa shape index (κ3) is 4.07. The first kappa shape index (κ1) is 15.6. The van der Waals surface area contributed by atoms with E-state index in [4.69, 9.17) is 32.7 Å². The van der Waals surface area contributed by atoms with Gasteiger partial charge in [-0.25, -0.2) is 5.43 Å². The van der Waals surface area contributed by atoms with Gasteiger partial charge < -0.3 is 9.52 Å². The molecule has 110 valence electrons. The molecule has 1 atom stereocenters. The van der Waals surface area contributed by atoms with Crippen LogP contribution in [0.5, 0.6) is 0 Å². The van der Waals surface area contributed by atoms with Gasteiger partial charge in [-0.05, 0) is 37.3 Å². The zero-order valence-electron chi connectivity index (χ0n) is 11.0. The highest BCUT2D eigenvalue weighted by atomic mass is 35.5. The summed E-state index contributed by atoms with van der Waals surface area (Å²) in [5.41, 5.74) is 2.95. The molecule has 0 radical (unpaired) electrons. The van der Waals surface area contributed by atoms with Crippen LogP contribution in [0.3, 0.4) is 0 Å². The Morgan fingerprint density at radius 2 is 2.10 bits per heavy atom. The van der Waals surface area contributed by atoms with Crippen LogP contribution in [-0.4, -0.2) is 23.3 Å². The van der Waals surface area contributed by atoms with Crippen molar-refractivity contribution < 1.29 is 14.3 Å². The molecule has 1 aromatic heterocycles. The first-order valence-electron chi connectivity index (χ1n) is 6.03. The molecule has 0 aliphatic rings. The largest absolute Gasteiger partial charge is 0.455 e. The van der Waals surface area contributed by atoms with Gasteiger partial charge in [0.05, 0.1) is 16.3 Å². The Labute approximate surface area is 131 Å². The number of aliphatic hydroxyl groups is 1. The summed E-state index contributed by atoms with van der Waals surface area (Å²) in [4.78, 5) is 11.1. The number of carbonyl (C=O) groups excluding carboxylic acids is 1. The highest BCUT2D eigenvalue weighted by molar-refractivity contribution is 6.42. The Balaban J connectivity index is 2.09. The van der Waals surface area contributed by atoms with Gasteiger partial charge in [-0.2, -0.15) is 5.10 Å². The van der Waals surface area contributed by atoms with E-state index in [0.717, 1.165) is 5.56 Å². The van der Waals surface area contributed by atoms with Crippen molar-refractivity contribution in [2.24, 2.45) is 5.10 Å². The molecular weight excluding hydrogens is 315 g/mol. The van der Waals surface area contributed by atoms with Crippen LogP contribution >= 0.6 is 23.2 Å². The minimum Gasteiger partial charge on any atom is -0.455 e. The fourth-order valence-corrected chi connectivity index (χ4v) is 1.78. The van der Waals surface area contributed by atoms with Crippen LogP contribution in [0.1, 0.15) is 12.7 Å². The van der Waals surface area contributed by atoms with Crippen LogP contribution in [0.4, 0.5) is 0 Å². The van der Waals surface area contributed by atoms with Crippen molar-refractivity contribution in [1.29, 1.82) is 0 Å². The average molecular weight is 327 g/mol. The van der Waals surface area contributed by atoms with Crippen LogP contribution in [0.2, 0.25) is 10.0 Å². The lowest BCUT2D eigenvalue weighted by Gasteiger charge is -2.00. The average Bonchev–Trinajstić information content (AvgIpc) is 2.90. The van der Waals surface area contributed by atoms with Crippen LogP contribution in [0.15, 0.2) is 39.9 Å². The van der Waals surface area contributed by atoms with Crippen molar-refractivity contribution in [3.8, 4) is 11.3 Å². The Morgan fingerprint density at radius 1 is 1.33 bits per heavy atom. The molecule has 0 bridgehead atoms. The van der Waals surface area contributed by atoms with Crippen molar-refractivity contribution in [2.45, 2.75) is 13.0 Å². The number of hydrogen-bond donors (Lipinski definition) is 2. The first-order chi connectivity index (χ1) is 9.97. The molecule has 21 heavy (non-hydrogen) atoms. The van der Waals surface area contributed by atoms with E-state index in [2.05, 4.69) is 10.5 Å². The summed E-state index contributed by atoms with van der Waals surface area (Å²) in [6, 6.07) is 8.59. The maximum atomic E-state index is 11.1. The monoisotopic (exact) mass is 326 g/mol. The molecule has 1 heterocycles. The third-order valence-corrected chi connectivity index (χ3v) is 3.32. The number of nitrogens with one attached hydrogen (secondary N) is 1. The summed E-state index contributed by atoms with van der Waals surface area (Å²) in [6.45, 7) is 1.35. The van der Waals surface area contributed by atoms with Crippen molar-refractivity contribution in [3.63, 3.8) is 0 Å². The van der Waals surface area contributed by atoms with E-state index < -0.39 is 12.0 Å². The number of aliphatic hydroxyl groups excluding tert-OH is 1. The number of amides is 1. The van der Waals surface area contributed by atoms with E-state index in [1.54, 1.807) is 30.3 Å². The Bertz CT molecular complexity index is 681. The zero-order chi connectivity index (χ0) is 15.4. The molecule has 0 fully saturated rings. The summed E-state index contributed by atoms with van der Waals surface area (Å²) >= 11 is 11.8. The number of rotatable bonds is 4. The van der Waals surface area contributed by atoms with E-state index in [1.165, 1.54) is 13.1 Å². The molecule has 2 aromatic rings. The predicted molar refractivity (Wildman–Crippen MR) is 81.6 cm³/mol. The quantitative estimate of drug-likeness (QED) is 0.669. The third-order valence-electron chi connectivity index (χ3n) is 2.58. The van der Waals surface area contributed by atoms with E-state index >= 15 is 0 Å². The smallest absolute Gasteiger partial charge is 0.268 e. The van der Waals surface area contributed by atoms with Gasteiger partial charge in [0.15, 0.2) is 0 Å². The second-order valence-corrected chi connectivity index (χ2v) is 5.06. The van der Waals surface area contributed by atoms with Gasteiger partial charge in [-0.15, -0.1) is 0 Å². The summed E-state index contributed by atoms with van der Waals surface area (Å²) in [5, 5.41) is 13.6. The molecule has 0 saturated heterocycles. The van der Waals surface area contributed by atoms with E-state index in [0.29, 0.717) is 21.6 Å². The molecule has 2 N–H and O–H groups in total. The molecule has 5 nitrogen and oxygen atoms in total. The lowest BCUT2D eigenvalue weighted by Crippen LogP contribution is -2.28. The Kier molecular flexibility index (Phi) is 5.01. The molecule has 1 amide bonds. The van der Waals surface area contributed by atoms with Crippen LogP contribution < -0.4 is 5.43 Å². The minimum absolute atomic E-state index is 0.435. The normalized spacial score (nSPS) is 12.6. The van der Waals surface area contributed by atoms with Gasteiger partial charge in [0.2, 0.25) is 0 Å². The number of benzene rings is 1. The number of furan rings is 1. The first-order valence-corrected chi connectivity index (χ1v) is 6.79. The number of nitrogens with zero attached hydrogens (tertiary/aromatic N) is 1. The summed E-state index contributed by atoms with van der Waals surface area (Å²) < 4.78 is 5.54. The molecular formula is C14H12Cl2N2O3. The summed E-state index contributed by atoms with van der Waals surface area (Å²) in [6.07, 6.45) is 0.215. The van der Waals surface area contributed by atoms with Crippen molar-refractivity contribution >= 4 is 35.3 Å². The molecule has 0 saturated carbocycles. The number of halogens is 2. The minimum atomic E-state index is -1.12. The predicted octanol–water partition coefficient (Wildman–Crippen LogP) is 3.08. The highest BCUT2D eigenvalue weighted by Crippen LogP contribution is 2.29. The molecule has 2 rings (SSSR count). The van der Waals surface area contributed by atoms with Crippen molar-refractivity contribution in [1.82, 2.24) is 5.43 Å². The van der Waals surface area contributed by atoms with Crippen molar-refractivity contribution in [2.75, 3.05) is 0 Å². The van der Waals surface area contributed by atoms with Gasteiger partial charge in [0.1, 0.15) is 17.6 Å². The van der Waals surface area contributed by atoms with E-state index in [-0.39, 0.29) is 0 Å². The van der Waals surface area contributed by atoms with Gasteiger partial charge >= 0.3 is 0 Å². The summed E-state index contributed by atoms with van der Waals surface area (Å²) in [5.74, 6) is 0.446. The number of carbonyl (C=O) groups is 1. The van der Waals surface area contributed by atoms with Crippen LogP contribution in [0.25, 0.3) is 11.3 Å². The lowest BCUT2D eigenvalue weighted by atomic mass is 10.2. The van der Waals surface area contributed by atoms with Gasteiger partial charge in [0, 0.05) is 5.56 Å². The molecule has 1 aromatic carbocycles. The lowest BCUT2D eigenvalue weighted by molar-refractivity contribution is -0.128. The Hall–Kier alpha value is -1.82. The maximum Gasteiger partial charge on any atom is 0.268 e. The fourth-order valence-electron chi connectivity index (χ4n) is 1.48. The number of hydrazone groups is 1. The Morgan fingerprint density at radius 3 is 2.76 bits per heavy atom. The van der Waals surface area contributed by atoms with Crippen LogP contribution in [-0.2, 0) is 4.79 Å². The molecule has 7 heteroatoms. The van der Waals surface area contributed by atoms with E-state index in [1.807, 2.05) is 0 Å². The SMILES string of the molecule is C[C@@H](O)C(=O)N/N=C/c1ccc(-c2ccc(Cl)c(Cl)c2)o1. The molecule has 0 spiro atoms. The van der Waals surface area contributed by atoms with Gasteiger partial charge in [-0.3, -0.25) is 4.79 Å². The summed E-state index contributed by atoms with van der Waals surface area (Å²) in [7, 11) is 0. The van der Waals surface area contributed by atoms with Crippen LogP contribution in [0, 0.1) is 0 Å². The second-order valence-electron chi connectivity index (χ2n) is 4.24. The van der Waals surface area contributed by atoms with Crippen molar-refractivity contribution in [3.05, 3.63) is 46.1 Å². The standard InChI is InChI=1S/C14H12Cl2N2O3/c1-8(19)14(20)18-17-7-10-3-5-13(21-10)9-2-4-11(15)12(16)6-9/h2-8,19H,1H3,(H,18,20)/b17-7+/t8-/m1/s1. The maximum absolute atomic E-state index is 11.1. The molecule has 0 aliphatic carbocycles. The molecule has 0 unspecified atom stereocenters. The highest BCUT2D eigenvalue weighted by Gasteiger charge is 2.08. The van der Waals surface area contributed by atoms with E-state index in [9.17, 15) is 4.79 Å². The number of hydrogen-bond acceptors (Lipinski definition) is 4. The van der Waals surface area contributed by atoms with Gasteiger partial charge in [-0.1, -0.05) is 23.2 Å².